The highest BCUT2D eigenvalue weighted by atomic mass is 16.5. The van der Waals surface area contributed by atoms with Crippen LogP contribution in [0.4, 0.5) is 5.69 Å². The summed E-state index contributed by atoms with van der Waals surface area (Å²) in [5, 5.41) is 0. The first kappa shape index (κ1) is 13.7. The number of primary amides is 1. The first-order chi connectivity index (χ1) is 9.10. The molecule has 0 aromatic heterocycles. The van der Waals surface area contributed by atoms with Gasteiger partial charge in [-0.05, 0) is 37.5 Å². The fourth-order valence-electron chi connectivity index (χ4n) is 2.39. The maximum atomic E-state index is 11.2. The summed E-state index contributed by atoms with van der Waals surface area (Å²) in [6.07, 6.45) is 4.26. The molecule has 4 N–H and O–H groups in total. The maximum Gasteiger partial charge on any atom is 0.248 e. The molecule has 19 heavy (non-hydrogen) atoms. The highest BCUT2D eigenvalue weighted by Crippen LogP contribution is 2.29. The Bertz CT molecular complexity index is 462. The molecule has 5 heteroatoms. The summed E-state index contributed by atoms with van der Waals surface area (Å²) in [4.78, 5) is 11.2. The van der Waals surface area contributed by atoms with Crippen molar-refractivity contribution < 1.29 is 14.3 Å². The zero-order valence-corrected chi connectivity index (χ0v) is 11.1. The number of rotatable bonds is 4. The second kappa shape index (κ2) is 5.93. The molecule has 1 aliphatic carbocycles. The molecule has 1 amide bonds. The summed E-state index contributed by atoms with van der Waals surface area (Å²) < 4.78 is 11.3. The number of nitrogen functional groups attached to an aromatic ring is 1. The molecule has 2 rings (SSSR count). The van der Waals surface area contributed by atoms with Crippen molar-refractivity contribution >= 4 is 11.6 Å². The monoisotopic (exact) mass is 264 g/mol. The van der Waals surface area contributed by atoms with Crippen LogP contribution in [-0.4, -0.2) is 25.2 Å². The van der Waals surface area contributed by atoms with Gasteiger partial charge in [-0.15, -0.1) is 0 Å². The Balaban J connectivity index is 2.09. The normalized spacial score (nSPS) is 23.0. The fraction of sp³-hybridized carbons (Fsp3) is 0.500. The van der Waals surface area contributed by atoms with Crippen LogP contribution >= 0.6 is 0 Å². The lowest BCUT2D eigenvalue weighted by Gasteiger charge is -2.29. The molecule has 2 unspecified atom stereocenters. The summed E-state index contributed by atoms with van der Waals surface area (Å²) in [5.41, 5.74) is 12.0. The zero-order chi connectivity index (χ0) is 13.8. The lowest BCUT2D eigenvalue weighted by atomic mass is 9.95. The second-order valence-electron chi connectivity index (χ2n) is 4.88. The van der Waals surface area contributed by atoms with Crippen LogP contribution in [0.3, 0.4) is 0 Å². The van der Waals surface area contributed by atoms with Gasteiger partial charge >= 0.3 is 0 Å². The van der Waals surface area contributed by atoms with Crippen molar-refractivity contribution in [2.45, 2.75) is 37.9 Å². The van der Waals surface area contributed by atoms with Gasteiger partial charge in [0, 0.05) is 19.1 Å². The third kappa shape index (κ3) is 3.38. The van der Waals surface area contributed by atoms with Gasteiger partial charge in [0.25, 0.3) is 0 Å². The number of amides is 1. The number of carbonyl (C=O) groups excluding carboxylic acids is 1. The largest absolute Gasteiger partial charge is 0.488 e. The van der Waals surface area contributed by atoms with Gasteiger partial charge in [0.05, 0.1) is 11.8 Å². The average Bonchev–Trinajstić information content (AvgIpc) is 2.41. The smallest absolute Gasteiger partial charge is 0.248 e. The summed E-state index contributed by atoms with van der Waals surface area (Å²) in [7, 11) is 1.72. The van der Waals surface area contributed by atoms with Crippen LogP contribution < -0.4 is 16.2 Å². The van der Waals surface area contributed by atoms with Gasteiger partial charge in [0.15, 0.2) is 0 Å². The van der Waals surface area contributed by atoms with Crippen LogP contribution in [0.15, 0.2) is 18.2 Å². The molecule has 0 heterocycles. The van der Waals surface area contributed by atoms with Crippen molar-refractivity contribution in [3.8, 4) is 5.75 Å². The van der Waals surface area contributed by atoms with Crippen molar-refractivity contribution in [3.63, 3.8) is 0 Å². The highest BCUT2D eigenvalue weighted by Gasteiger charge is 2.23. The summed E-state index contributed by atoms with van der Waals surface area (Å²) in [6.45, 7) is 0. The predicted molar refractivity (Wildman–Crippen MR) is 73.1 cm³/mol. The second-order valence-corrected chi connectivity index (χ2v) is 4.88. The van der Waals surface area contributed by atoms with E-state index >= 15 is 0 Å². The standard InChI is InChI=1S/C14H20N2O3/c1-18-10-3-2-4-11(8-10)19-13-7-9(14(16)17)5-6-12(13)15/h5-7,10-11H,2-4,8,15H2,1H3,(H2,16,17). The van der Waals surface area contributed by atoms with E-state index in [2.05, 4.69) is 0 Å². The topological polar surface area (TPSA) is 87.6 Å². The van der Waals surface area contributed by atoms with Gasteiger partial charge in [0.2, 0.25) is 5.91 Å². The van der Waals surface area contributed by atoms with Gasteiger partial charge in [-0.25, -0.2) is 0 Å². The molecule has 1 fully saturated rings. The Morgan fingerprint density at radius 3 is 2.74 bits per heavy atom. The number of carbonyl (C=O) groups is 1. The number of anilines is 1. The molecule has 1 aromatic rings. The number of nitrogens with two attached hydrogens (primary N) is 2. The van der Waals surface area contributed by atoms with Crippen molar-refractivity contribution in [2.24, 2.45) is 5.73 Å². The lowest BCUT2D eigenvalue weighted by molar-refractivity contribution is 0.0212. The fourth-order valence-corrected chi connectivity index (χ4v) is 2.39. The number of benzene rings is 1. The van der Waals surface area contributed by atoms with Crippen LogP contribution in [0.2, 0.25) is 0 Å². The minimum absolute atomic E-state index is 0.0733. The van der Waals surface area contributed by atoms with Crippen LogP contribution in [0.5, 0.6) is 5.75 Å². The molecule has 0 bridgehead atoms. The molecule has 5 nitrogen and oxygen atoms in total. The average molecular weight is 264 g/mol. The van der Waals surface area contributed by atoms with E-state index in [9.17, 15) is 4.79 Å². The van der Waals surface area contributed by atoms with Crippen molar-refractivity contribution in [1.29, 1.82) is 0 Å². The summed E-state index contributed by atoms with van der Waals surface area (Å²) >= 11 is 0. The van der Waals surface area contributed by atoms with E-state index in [1.54, 1.807) is 25.3 Å². The quantitative estimate of drug-likeness (QED) is 0.810. The van der Waals surface area contributed by atoms with Crippen molar-refractivity contribution in [2.75, 3.05) is 12.8 Å². The number of hydrogen-bond acceptors (Lipinski definition) is 4. The first-order valence-corrected chi connectivity index (χ1v) is 6.49. The summed E-state index contributed by atoms with van der Waals surface area (Å²) in [6, 6.07) is 4.85. The molecule has 1 saturated carbocycles. The molecule has 0 spiro atoms. The number of ether oxygens (including phenoxy) is 2. The van der Waals surface area contributed by atoms with Crippen molar-refractivity contribution in [1.82, 2.24) is 0 Å². The van der Waals surface area contributed by atoms with Gasteiger partial charge in [-0.2, -0.15) is 0 Å². The Kier molecular flexibility index (Phi) is 4.27. The van der Waals surface area contributed by atoms with Crippen LogP contribution in [-0.2, 0) is 4.74 Å². The summed E-state index contributed by atoms with van der Waals surface area (Å²) in [5.74, 6) is 0.0429. The first-order valence-electron chi connectivity index (χ1n) is 6.49. The van der Waals surface area contributed by atoms with E-state index in [0.717, 1.165) is 25.7 Å². The minimum atomic E-state index is -0.483. The molecule has 2 atom stereocenters. The maximum absolute atomic E-state index is 11.2. The van der Waals surface area contributed by atoms with Gasteiger partial charge < -0.3 is 20.9 Å². The van der Waals surface area contributed by atoms with E-state index < -0.39 is 5.91 Å². The molecule has 0 radical (unpaired) electrons. The molecule has 104 valence electrons. The van der Waals surface area contributed by atoms with E-state index in [0.29, 0.717) is 17.0 Å². The third-order valence-electron chi connectivity index (χ3n) is 3.50. The van der Waals surface area contributed by atoms with Gasteiger partial charge in [-0.3, -0.25) is 4.79 Å². The molecular formula is C14H20N2O3. The van der Waals surface area contributed by atoms with Crippen LogP contribution in [0.1, 0.15) is 36.0 Å². The zero-order valence-electron chi connectivity index (χ0n) is 11.1. The Hall–Kier alpha value is -1.75. The van der Waals surface area contributed by atoms with Crippen LogP contribution in [0, 0.1) is 0 Å². The molecule has 0 saturated heterocycles. The van der Waals surface area contributed by atoms with Gasteiger partial charge in [0.1, 0.15) is 11.9 Å². The Morgan fingerprint density at radius 2 is 2.05 bits per heavy atom. The Labute approximate surface area is 112 Å². The predicted octanol–water partition coefficient (Wildman–Crippen LogP) is 1.70. The van der Waals surface area contributed by atoms with E-state index in [4.69, 9.17) is 20.9 Å². The van der Waals surface area contributed by atoms with Gasteiger partial charge in [-0.1, -0.05) is 0 Å². The SMILES string of the molecule is COC1CCCC(Oc2cc(C(N)=O)ccc2N)C1. The highest BCUT2D eigenvalue weighted by molar-refractivity contribution is 5.93. The minimum Gasteiger partial charge on any atom is -0.488 e. The Morgan fingerprint density at radius 1 is 1.32 bits per heavy atom. The lowest BCUT2D eigenvalue weighted by Crippen LogP contribution is -2.29. The number of hydrogen-bond donors (Lipinski definition) is 2. The number of methoxy groups -OCH3 is 1. The molecular weight excluding hydrogens is 244 g/mol. The third-order valence-corrected chi connectivity index (χ3v) is 3.50. The van der Waals surface area contributed by atoms with E-state index in [1.807, 2.05) is 0 Å². The van der Waals surface area contributed by atoms with Crippen molar-refractivity contribution in [3.05, 3.63) is 23.8 Å². The van der Waals surface area contributed by atoms with Crippen LogP contribution in [0.25, 0.3) is 0 Å². The van der Waals surface area contributed by atoms with E-state index in [1.165, 1.54) is 0 Å². The molecule has 0 aliphatic heterocycles. The van der Waals surface area contributed by atoms with E-state index in [-0.39, 0.29) is 12.2 Å². The molecule has 1 aliphatic rings. The molecule has 1 aromatic carbocycles.